The highest BCUT2D eigenvalue weighted by molar-refractivity contribution is 6.32. The highest BCUT2D eigenvalue weighted by Crippen LogP contribution is 2.36. The molecule has 0 aliphatic carbocycles. The van der Waals surface area contributed by atoms with Crippen LogP contribution in [0.25, 0.3) is 0 Å². The van der Waals surface area contributed by atoms with E-state index in [0.29, 0.717) is 32.8 Å². The number of benzene rings is 2. The fraction of sp³-hybridized carbons (Fsp3) is 0.200. The van der Waals surface area contributed by atoms with Gasteiger partial charge in [-0.05, 0) is 24.3 Å². The molecule has 2 aromatic rings. The van der Waals surface area contributed by atoms with Crippen molar-refractivity contribution in [2.75, 3.05) is 19.5 Å². The Kier molecular flexibility index (Phi) is 5.15. The van der Waals surface area contributed by atoms with E-state index in [-0.39, 0.29) is 12.4 Å². The van der Waals surface area contributed by atoms with Gasteiger partial charge in [0.2, 0.25) is 0 Å². The molecule has 1 N–H and O–H groups in total. The maximum Gasteiger partial charge on any atom is 0.145 e. The average Bonchev–Trinajstić information content (AvgIpc) is 2.48. The third-order valence-electron chi connectivity index (χ3n) is 2.95. The molecule has 0 fully saturated rings. The van der Waals surface area contributed by atoms with E-state index in [4.69, 9.17) is 32.7 Å². The van der Waals surface area contributed by atoms with Crippen molar-refractivity contribution in [3.05, 3.63) is 51.8 Å². The van der Waals surface area contributed by atoms with Gasteiger partial charge in [-0.25, -0.2) is 4.39 Å². The summed E-state index contributed by atoms with van der Waals surface area (Å²) in [5.74, 6) is 0.733. The van der Waals surface area contributed by atoms with Crippen molar-refractivity contribution in [1.29, 1.82) is 0 Å². The summed E-state index contributed by atoms with van der Waals surface area (Å²) in [6.07, 6.45) is 0. The van der Waals surface area contributed by atoms with Crippen LogP contribution in [0.2, 0.25) is 10.0 Å². The van der Waals surface area contributed by atoms with Gasteiger partial charge in [0.15, 0.2) is 0 Å². The molecule has 0 saturated carbocycles. The van der Waals surface area contributed by atoms with Crippen LogP contribution in [0.1, 0.15) is 5.56 Å². The highest BCUT2D eigenvalue weighted by Gasteiger charge is 2.11. The Morgan fingerprint density at radius 2 is 1.76 bits per heavy atom. The topological polar surface area (TPSA) is 30.5 Å². The van der Waals surface area contributed by atoms with E-state index in [1.807, 2.05) is 0 Å². The Morgan fingerprint density at radius 3 is 2.43 bits per heavy atom. The summed E-state index contributed by atoms with van der Waals surface area (Å²) in [5, 5.41) is 3.99. The Morgan fingerprint density at radius 1 is 1.05 bits per heavy atom. The molecule has 0 spiro atoms. The van der Waals surface area contributed by atoms with E-state index >= 15 is 0 Å². The first kappa shape index (κ1) is 15.7. The lowest BCUT2D eigenvalue weighted by Gasteiger charge is -2.14. The molecule has 0 heterocycles. The van der Waals surface area contributed by atoms with Crippen molar-refractivity contribution >= 4 is 28.9 Å². The van der Waals surface area contributed by atoms with Crippen molar-refractivity contribution in [3.8, 4) is 11.5 Å². The van der Waals surface area contributed by atoms with Gasteiger partial charge >= 0.3 is 0 Å². The van der Waals surface area contributed by atoms with Gasteiger partial charge in [0.25, 0.3) is 0 Å². The van der Waals surface area contributed by atoms with Gasteiger partial charge in [0.05, 0.1) is 24.9 Å². The van der Waals surface area contributed by atoms with Gasteiger partial charge in [-0.1, -0.05) is 23.2 Å². The third-order valence-corrected chi connectivity index (χ3v) is 3.48. The van der Waals surface area contributed by atoms with Crippen LogP contribution in [0.4, 0.5) is 10.1 Å². The normalized spacial score (nSPS) is 10.3. The van der Waals surface area contributed by atoms with E-state index in [9.17, 15) is 4.39 Å². The molecule has 0 atom stereocenters. The molecule has 0 bridgehead atoms. The lowest BCUT2D eigenvalue weighted by molar-refractivity contribution is 0.395. The minimum Gasteiger partial charge on any atom is -0.495 e. The predicted octanol–water partition coefficient (Wildman–Crippen LogP) is 4.76. The molecule has 0 radical (unpaired) electrons. The van der Waals surface area contributed by atoms with Crippen molar-refractivity contribution in [2.45, 2.75) is 6.54 Å². The molecule has 0 aliphatic rings. The van der Waals surface area contributed by atoms with Gasteiger partial charge in [0.1, 0.15) is 17.3 Å². The molecule has 0 amide bonds. The van der Waals surface area contributed by atoms with Crippen LogP contribution < -0.4 is 14.8 Å². The van der Waals surface area contributed by atoms with Gasteiger partial charge in [-0.3, -0.25) is 0 Å². The van der Waals surface area contributed by atoms with Gasteiger partial charge < -0.3 is 14.8 Å². The van der Waals surface area contributed by atoms with Crippen LogP contribution in [-0.4, -0.2) is 14.2 Å². The van der Waals surface area contributed by atoms with Crippen LogP contribution in [0.3, 0.4) is 0 Å². The molecule has 21 heavy (non-hydrogen) atoms. The van der Waals surface area contributed by atoms with Crippen LogP contribution in [-0.2, 0) is 6.54 Å². The summed E-state index contributed by atoms with van der Waals surface area (Å²) in [4.78, 5) is 0. The number of halogens is 3. The van der Waals surface area contributed by atoms with Crippen molar-refractivity contribution in [1.82, 2.24) is 0 Å². The van der Waals surface area contributed by atoms with E-state index in [0.717, 1.165) is 0 Å². The van der Waals surface area contributed by atoms with Crippen LogP contribution >= 0.6 is 23.2 Å². The summed E-state index contributed by atoms with van der Waals surface area (Å²) in [6, 6.07) is 7.74. The lowest BCUT2D eigenvalue weighted by Crippen LogP contribution is -2.04. The SMILES string of the molecule is COc1cc(OC)c(NCc2cc(Cl)ccc2F)cc1Cl. The predicted molar refractivity (Wildman–Crippen MR) is 83.3 cm³/mol. The Balaban J connectivity index is 2.23. The standard InChI is InChI=1S/C15H14Cl2FNO2/c1-20-14-7-15(21-2)13(6-11(14)17)19-8-9-5-10(16)3-4-12(9)18/h3-7,19H,8H2,1-2H3. The number of ether oxygens (including phenoxy) is 2. The molecule has 2 aromatic carbocycles. The third kappa shape index (κ3) is 3.71. The number of hydrogen-bond donors (Lipinski definition) is 1. The quantitative estimate of drug-likeness (QED) is 0.857. The monoisotopic (exact) mass is 329 g/mol. The molecule has 0 saturated heterocycles. The largest absolute Gasteiger partial charge is 0.495 e. The van der Waals surface area contributed by atoms with Crippen LogP contribution in [0.15, 0.2) is 30.3 Å². The van der Waals surface area contributed by atoms with Crippen LogP contribution in [0.5, 0.6) is 11.5 Å². The number of methoxy groups -OCH3 is 2. The summed E-state index contributed by atoms with van der Waals surface area (Å²) < 4.78 is 24.1. The number of anilines is 1. The molecule has 0 unspecified atom stereocenters. The van der Waals surface area contributed by atoms with Gasteiger partial charge in [-0.2, -0.15) is 0 Å². The average molecular weight is 330 g/mol. The Labute approximate surface area is 132 Å². The molecule has 6 heteroatoms. The number of hydrogen-bond acceptors (Lipinski definition) is 3. The first-order valence-corrected chi connectivity index (χ1v) is 6.90. The molecular weight excluding hydrogens is 316 g/mol. The van der Waals surface area contributed by atoms with Crippen molar-refractivity contribution < 1.29 is 13.9 Å². The summed E-state index contributed by atoms with van der Waals surface area (Å²) >= 11 is 11.9. The molecule has 112 valence electrons. The number of rotatable bonds is 5. The fourth-order valence-corrected chi connectivity index (χ4v) is 2.30. The first-order chi connectivity index (χ1) is 10.0. The molecule has 3 nitrogen and oxygen atoms in total. The summed E-state index contributed by atoms with van der Waals surface area (Å²) in [6.45, 7) is 0.255. The van der Waals surface area contributed by atoms with E-state index < -0.39 is 0 Å². The lowest BCUT2D eigenvalue weighted by atomic mass is 10.2. The van der Waals surface area contributed by atoms with E-state index in [2.05, 4.69) is 5.32 Å². The van der Waals surface area contributed by atoms with Crippen LogP contribution in [0, 0.1) is 5.82 Å². The van der Waals surface area contributed by atoms with Gasteiger partial charge in [0, 0.05) is 23.2 Å². The fourth-order valence-electron chi connectivity index (χ4n) is 1.87. The second kappa shape index (κ2) is 6.87. The Hall–Kier alpha value is -1.65. The van der Waals surface area contributed by atoms with Crippen molar-refractivity contribution in [3.63, 3.8) is 0 Å². The zero-order valence-corrected chi connectivity index (χ0v) is 13.1. The zero-order valence-electron chi connectivity index (χ0n) is 11.5. The maximum absolute atomic E-state index is 13.7. The second-order valence-electron chi connectivity index (χ2n) is 4.28. The minimum absolute atomic E-state index is 0.255. The Bertz CT molecular complexity index is 650. The van der Waals surface area contributed by atoms with E-state index in [1.165, 1.54) is 26.4 Å². The molecular formula is C15H14Cl2FNO2. The van der Waals surface area contributed by atoms with E-state index in [1.54, 1.807) is 18.2 Å². The first-order valence-electron chi connectivity index (χ1n) is 6.14. The zero-order chi connectivity index (χ0) is 15.4. The molecule has 0 aromatic heterocycles. The maximum atomic E-state index is 13.7. The molecule has 2 rings (SSSR count). The summed E-state index contributed by atoms with van der Waals surface area (Å²) in [7, 11) is 3.06. The summed E-state index contributed by atoms with van der Waals surface area (Å²) in [5.41, 5.74) is 1.10. The number of nitrogens with one attached hydrogen (secondary N) is 1. The van der Waals surface area contributed by atoms with Gasteiger partial charge in [-0.15, -0.1) is 0 Å². The minimum atomic E-state index is -0.328. The van der Waals surface area contributed by atoms with Crippen molar-refractivity contribution in [2.24, 2.45) is 0 Å². The smallest absolute Gasteiger partial charge is 0.145 e. The second-order valence-corrected chi connectivity index (χ2v) is 5.12. The highest BCUT2D eigenvalue weighted by atomic mass is 35.5. The molecule has 0 aliphatic heterocycles.